The molecule has 1 amide bonds. The number of carbonyl (C=O) groups is 1. The summed E-state index contributed by atoms with van der Waals surface area (Å²) >= 11 is 0. The van der Waals surface area contributed by atoms with E-state index < -0.39 is 5.41 Å². The quantitative estimate of drug-likeness (QED) is 0.671. The topological polar surface area (TPSA) is 72.9 Å². The minimum atomic E-state index is -0.491. The summed E-state index contributed by atoms with van der Waals surface area (Å²) in [6, 6.07) is 0. The number of hydrogen-bond donors (Lipinski definition) is 2. The second-order valence-corrected chi connectivity index (χ2v) is 4.70. The van der Waals surface area contributed by atoms with Gasteiger partial charge in [-0.25, -0.2) is 0 Å². The summed E-state index contributed by atoms with van der Waals surface area (Å²) in [4.78, 5) is 11.1. The molecule has 0 bridgehead atoms. The van der Waals surface area contributed by atoms with Crippen LogP contribution in [0.3, 0.4) is 0 Å². The molecule has 0 radical (unpaired) electrons. The number of primary amides is 1. The Morgan fingerprint density at radius 1 is 1.62 bits per heavy atom. The second-order valence-electron chi connectivity index (χ2n) is 4.70. The Kier molecular flexibility index (Phi) is 4.06. The highest BCUT2D eigenvalue weighted by atomic mass is 16.1. The maximum atomic E-state index is 11.1. The maximum absolute atomic E-state index is 11.1. The molecule has 5 nitrogen and oxygen atoms in total. The van der Waals surface area contributed by atoms with Crippen LogP contribution in [0.15, 0.2) is 12.4 Å². The summed E-state index contributed by atoms with van der Waals surface area (Å²) in [6.45, 7) is 5.10. The van der Waals surface area contributed by atoms with Gasteiger partial charge in [-0.05, 0) is 32.4 Å². The summed E-state index contributed by atoms with van der Waals surface area (Å²) in [5.74, 6) is -0.277. The third-order valence-electron chi connectivity index (χ3n) is 2.58. The Hall–Kier alpha value is -1.36. The molecule has 0 saturated carbocycles. The van der Waals surface area contributed by atoms with Crippen molar-refractivity contribution in [1.29, 1.82) is 0 Å². The van der Waals surface area contributed by atoms with E-state index in [-0.39, 0.29) is 5.91 Å². The van der Waals surface area contributed by atoms with Crippen molar-refractivity contribution in [3.63, 3.8) is 0 Å². The third-order valence-corrected chi connectivity index (χ3v) is 2.58. The van der Waals surface area contributed by atoms with Gasteiger partial charge in [0.2, 0.25) is 5.91 Å². The predicted molar refractivity (Wildman–Crippen MR) is 62.8 cm³/mol. The molecule has 3 N–H and O–H groups in total. The molecule has 0 unspecified atom stereocenters. The molecule has 0 saturated heterocycles. The minimum absolute atomic E-state index is 0.277. The molecule has 90 valence electrons. The first-order valence-corrected chi connectivity index (χ1v) is 5.40. The first kappa shape index (κ1) is 12.7. The van der Waals surface area contributed by atoms with Gasteiger partial charge in [-0.15, -0.1) is 0 Å². The smallest absolute Gasteiger partial charge is 0.224 e. The molecular weight excluding hydrogens is 204 g/mol. The molecule has 16 heavy (non-hydrogen) atoms. The Morgan fingerprint density at radius 3 is 2.81 bits per heavy atom. The van der Waals surface area contributed by atoms with Crippen LogP contribution in [0.1, 0.15) is 19.4 Å². The van der Waals surface area contributed by atoms with E-state index in [1.165, 1.54) is 5.56 Å². The van der Waals surface area contributed by atoms with Crippen molar-refractivity contribution in [2.75, 3.05) is 13.1 Å². The number of hydrogen-bond acceptors (Lipinski definition) is 3. The Balaban J connectivity index is 2.24. The van der Waals surface area contributed by atoms with Crippen LogP contribution in [-0.2, 0) is 18.3 Å². The van der Waals surface area contributed by atoms with Crippen LogP contribution < -0.4 is 11.1 Å². The number of nitrogens with two attached hydrogens (primary N) is 1. The van der Waals surface area contributed by atoms with Gasteiger partial charge in [0.25, 0.3) is 0 Å². The first-order valence-electron chi connectivity index (χ1n) is 5.40. The number of nitrogens with zero attached hydrogens (tertiary/aromatic N) is 2. The molecule has 1 rings (SSSR count). The summed E-state index contributed by atoms with van der Waals surface area (Å²) in [6.07, 6.45) is 4.74. The fourth-order valence-electron chi connectivity index (χ4n) is 1.32. The highest BCUT2D eigenvalue weighted by molar-refractivity contribution is 5.80. The zero-order valence-electron chi connectivity index (χ0n) is 10.2. The van der Waals surface area contributed by atoms with E-state index in [9.17, 15) is 4.79 Å². The summed E-state index contributed by atoms with van der Waals surface area (Å²) < 4.78 is 1.78. The van der Waals surface area contributed by atoms with Gasteiger partial charge in [0.1, 0.15) is 0 Å². The van der Waals surface area contributed by atoms with E-state index in [0.29, 0.717) is 6.54 Å². The van der Waals surface area contributed by atoms with E-state index in [1.54, 1.807) is 4.68 Å². The Morgan fingerprint density at radius 2 is 2.31 bits per heavy atom. The van der Waals surface area contributed by atoms with Crippen LogP contribution in [0, 0.1) is 5.41 Å². The standard InChI is InChI=1S/C11H20N4O/c1-11(2,10(12)16)8-13-5-4-9-6-14-15(3)7-9/h6-7,13H,4-5,8H2,1-3H3,(H2,12,16). The molecule has 1 aromatic heterocycles. The lowest BCUT2D eigenvalue weighted by atomic mass is 9.93. The normalized spacial score (nSPS) is 11.7. The lowest BCUT2D eigenvalue weighted by Crippen LogP contribution is -2.40. The van der Waals surface area contributed by atoms with Gasteiger partial charge >= 0.3 is 0 Å². The van der Waals surface area contributed by atoms with Crippen LogP contribution >= 0.6 is 0 Å². The number of aromatic nitrogens is 2. The fourth-order valence-corrected chi connectivity index (χ4v) is 1.32. The van der Waals surface area contributed by atoms with Crippen molar-refractivity contribution in [1.82, 2.24) is 15.1 Å². The van der Waals surface area contributed by atoms with E-state index in [4.69, 9.17) is 5.73 Å². The zero-order chi connectivity index (χ0) is 12.2. The second kappa shape index (κ2) is 5.12. The molecule has 0 fully saturated rings. The molecule has 0 spiro atoms. The van der Waals surface area contributed by atoms with E-state index in [0.717, 1.165) is 13.0 Å². The van der Waals surface area contributed by atoms with Crippen LogP contribution in [-0.4, -0.2) is 28.8 Å². The van der Waals surface area contributed by atoms with Crippen LogP contribution in [0.4, 0.5) is 0 Å². The lowest BCUT2D eigenvalue weighted by Gasteiger charge is -2.20. The third kappa shape index (κ3) is 3.66. The Labute approximate surface area is 96.0 Å². The molecule has 1 aromatic rings. The van der Waals surface area contributed by atoms with Gasteiger partial charge in [0.05, 0.1) is 11.6 Å². The maximum Gasteiger partial charge on any atom is 0.224 e. The SMILES string of the molecule is Cn1cc(CCNCC(C)(C)C(N)=O)cn1. The monoisotopic (exact) mass is 224 g/mol. The van der Waals surface area contributed by atoms with E-state index in [1.807, 2.05) is 33.3 Å². The largest absolute Gasteiger partial charge is 0.369 e. The van der Waals surface area contributed by atoms with Gasteiger partial charge in [0.15, 0.2) is 0 Å². The van der Waals surface area contributed by atoms with Crippen LogP contribution in [0.5, 0.6) is 0 Å². The van der Waals surface area contributed by atoms with Gasteiger partial charge in [-0.2, -0.15) is 5.10 Å². The summed E-state index contributed by atoms with van der Waals surface area (Å²) in [5, 5.41) is 7.31. The molecule has 0 atom stereocenters. The molecule has 1 heterocycles. The van der Waals surface area contributed by atoms with Gasteiger partial charge < -0.3 is 11.1 Å². The Bertz CT molecular complexity index is 357. The minimum Gasteiger partial charge on any atom is -0.369 e. The van der Waals surface area contributed by atoms with Crippen molar-refractivity contribution in [2.45, 2.75) is 20.3 Å². The predicted octanol–water partition coefficient (Wildman–Crippen LogP) is 0.0637. The summed E-state index contributed by atoms with van der Waals surface area (Å²) in [5.41, 5.74) is 5.97. The molecule has 0 aliphatic heterocycles. The van der Waals surface area contributed by atoms with Crippen molar-refractivity contribution in [2.24, 2.45) is 18.2 Å². The fraction of sp³-hybridized carbons (Fsp3) is 0.636. The van der Waals surface area contributed by atoms with Crippen LogP contribution in [0.2, 0.25) is 0 Å². The first-order chi connectivity index (χ1) is 7.42. The molecule has 0 aliphatic carbocycles. The molecule has 0 aromatic carbocycles. The zero-order valence-corrected chi connectivity index (χ0v) is 10.2. The average molecular weight is 224 g/mol. The highest BCUT2D eigenvalue weighted by Crippen LogP contribution is 2.11. The van der Waals surface area contributed by atoms with Crippen molar-refractivity contribution in [3.8, 4) is 0 Å². The van der Waals surface area contributed by atoms with Crippen molar-refractivity contribution >= 4 is 5.91 Å². The number of rotatable bonds is 6. The number of nitrogens with one attached hydrogen (secondary N) is 1. The number of carbonyl (C=O) groups excluding carboxylic acids is 1. The van der Waals surface area contributed by atoms with Crippen LogP contribution in [0.25, 0.3) is 0 Å². The van der Waals surface area contributed by atoms with E-state index >= 15 is 0 Å². The lowest BCUT2D eigenvalue weighted by molar-refractivity contribution is -0.125. The molecule has 5 heteroatoms. The average Bonchev–Trinajstić information content (AvgIpc) is 2.59. The van der Waals surface area contributed by atoms with Crippen molar-refractivity contribution in [3.05, 3.63) is 18.0 Å². The summed E-state index contributed by atoms with van der Waals surface area (Å²) in [7, 11) is 1.90. The highest BCUT2D eigenvalue weighted by Gasteiger charge is 2.23. The van der Waals surface area contributed by atoms with Gasteiger partial charge in [0, 0.05) is 19.8 Å². The van der Waals surface area contributed by atoms with Crippen molar-refractivity contribution < 1.29 is 4.79 Å². The van der Waals surface area contributed by atoms with Gasteiger partial charge in [-0.3, -0.25) is 9.48 Å². The number of amides is 1. The van der Waals surface area contributed by atoms with Gasteiger partial charge in [-0.1, -0.05) is 0 Å². The molecular formula is C11H20N4O. The van der Waals surface area contributed by atoms with E-state index in [2.05, 4.69) is 10.4 Å². The molecule has 0 aliphatic rings. The number of aryl methyl sites for hydroxylation is 1.